The van der Waals surface area contributed by atoms with Crippen molar-refractivity contribution in [2.75, 3.05) is 42.9 Å². The number of rotatable bonds is 5. The van der Waals surface area contributed by atoms with E-state index in [1.54, 1.807) is 0 Å². The average Bonchev–Trinajstić information content (AvgIpc) is 3.25. The second-order valence-corrected chi connectivity index (χ2v) is 8.40. The molecule has 0 bridgehead atoms. The van der Waals surface area contributed by atoms with E-state index in [9.17, 15) is 0 Å². The summed E-state index contributed by atoms with van der Waals surface area (Å²) in [5.41, 5.74) is 3.27. The van der Waals surface area contributed by atoms with Gasteiger partial charge in [-0.3, -0.25) is 0 Å². The summed E-state index contributed by atoms with van der Waals surface area (Å²) in [5.74, 6) is 1.31. The Morgan fingerprint density at radius 1 is 0.935 bits per heavy atom. The van der Waals surface area contributed by atoms with Gasteiger partial charge in [-0.05, 0) is 38.6 Å². The lowest BCUT2D eigenvalue weighted by atomic mass is 10.2. The molecule has 1 aromatic carbocycles. The first-order valence-electron chi connectivity index (χ1n) is 11.1. The van der Waals surface area contributed by atoms with Crippen molar-refractivity contribution in [3.63, 3.8) is 0 Å². The lowest BCUT2D eigenvalue weighted by Crippen LogP contribution is -2.46. The molecule has 7 heteroatoms. The van der Waals surface area contributed by atoms with E-state index in [4.69, 9.17) is 4.98 Å². The molecule has 0 amide bonds. The summed E-state index contributed by atoms with van der Waals surface area (Å²) < 4.78 is 2.26. The lowest BCUT2D eigenvalue weighted by Gasteiger charge is -2.35. The van der Waals surface area contributed by atoms with Crippen LogP contribution in [0.5, 0.6) is 0 Å². The number of benzene rings is 1. The molecule has 1 aliphatic heterocycles. The number of aromatic nitrogens is 4. The topological polar surface area (TPSA) is 62.1 Å². The van der Waals surface area contributed by atoms with Crippen LogP contribution in [0.3, 0.4) is 0 Å². The Labute approximate surface area is 182 Å². The van der Waals surface area contributed by atoms with E-state index < -0.39 is 0 Å². The van der Waals surface area contributed by atoms with Crippen LogP contribution in [0.4, 0.5) is 17.5 Å². The number of hydrogen-bond donors (Lipinski definition) is 1. The minimum absolute atomic E-state index is 0.364. The maximum Gasteiger partial charge on any atom is 0.228 e. The smallest absolute Gasteiger partial charge is 0.228 e. The molecule has 160 valence electrons. The first-order chi connectivity index (χ1) is 15.1. The first-order valence-corrected chi connectivity index (χ1v) is 11.1. The number of nitrogens with one attached hydrogen (secondary N) is 1. The average molecular weight is 416 g/mol. The maximum absolute atomic E-state index is 4.84. The van der Waals surface area contributed by atoms with Crippen LogP contribution in [0.1, 0.15) is 26.8 Å². The van der Waals surface area contributed by atoms with Crippen molar-refractivity contribution in [1.29, 1.82) is 0 Å². The molecule has 0 unspecified atom stereocenters. The normalized spacial score (nSPS) is 15.3. The number of fused-ring (bicyclic) bond motifs is 3. The third-order valence-corrected chi connectivity index (χ3v) is 6.16. The van der Waals surface area contributed by atoms with Crippen LogP contribution in [-0.4, -0.2) is 57.1 Å². The van der Waals surface area contributed by atoms with E-state index in [1.807, 2.05) is 18.5 Å². The zero-order valence-electron chi connectivity index (χ0n) is 18.4. The second-order valence-electron chi connectivity index (χ2n) is 8.40. The Kier molecular flexibility index (Phi) is 5.19. The van der Waals surface area contributed by atoms with Crippen molar-refractivity contribution in [2.24, 2.45) is 0 Å². The molecule has 1 N–H and O–H groups in total. The first kappa shape index (κ1) is 19.8. The van der Waals surface area contributed by atoms with Gasteiger partial charge in [-0.2, -0.15) is 0 Å². The molecule has 5 rings (SSSR count). The Morgan fingerprint density at radius 3 is 2.45 bits per heavy atom. The molecule has 1 saturated heterocycles. The van der Waals surface area contributed by atoms with Crippen LogP contribution in [0, 0.1) is 0 Å². The molecule has 7 nitrogen and oxygen atoms in total. The second kappa shape index (κ2) is 8.15. The van der Waals surface area contributed by atoms with Gasteiger partial charge >= 0.3 is 0 Å². The van der Waals surface area contributed by atoms with Crippen LogP contribution < -0.4 is 10.2 Å². The highest BCUT2D eigenvalue weighted by atomic mass is 15.3. The Hall–Kier alpha value is -3.19. The zero-order valence-corrected chi connectivity index (χ0v) is 18.4. The minimum atomic E-state index is 0.364. The van der Waals surface area contributed by atoms with Crippen LogP contribution in [-0.2, 0) is 0 Å². The summed E-state index contributed by atoms with van der Waals surface area (Å²) in [7, 11) is 0. The van der Waals surface area contributed by atoms with E-state index in [2.05, 4.69) is 80.9 Å². The predicted molar refractivity (Wildman–Crippen MR) is 127 cm³/mol. The highest BCUT2D eigenvalue weighted by Crippen LogP contribution is 2.28. The largest absolute Gasteiger partial charge is 0.368 e. The number of pyridine rings is 1. The van der Waals surface area contributed by atoms with E-state index >= 15 is 0 Å². The van der Waals surface area contributed by atoms with Crippen molar-refractivity contribution in [2.45, 2.75) is 26.8 Å². The van der Waals surface area contributed by atoms with Gasteiger partial charge < -0.3 is 19.7 Å². The van der Waals surface area contributed by atoms with Crippen LogP contribution in [0.15, 0.2) is 48.9 Å². The molecule has 0 atom stereocenters. The van der Waals surface area contributed by atoms with Crippen molar-refractivity contribution < 1.29 is 0 Å². The summed E-state index contributed by atoms with van der Waals surface area (Å²) in [6.07, 6.45) is 5.95. The van der Waals surface area contributed by atoms with Crippen molar-refractivity contribution in [3.8, 4) is 0 Å². The summed E-state index contributed by atoms with van der Waals surface area (Å²) in [5, 5.41) is 5.51. The fourth-order valence-corrected chi connectivity index (χ4v) is 4.31. The molecule has 0 spiro atoms. The number of anilines is 3. The van der Waals surface area contributed by atoms with Gasteiger partial charge in [0.15, 0.2) is 0 Å². The summed E-state index contributed by atoms with van der Waals surface area (Å²) in [6.45, 7) is 12.0. The molecule has 1 fully saturated rings. The summed E-state index contributed by atoms with van der Waals surface area (Å²) >= 11 is 0. The molecule has 31 heavy (non-hydrogen) atoms. The van der Waals surface area contributed by atoms with Gasteiger partial charge in [-0.1, -0.05) is 19.1 Å². The molecule has 3 aromatic heterocycles. The van der Waals surface area contributed by atoms with Gasteiger partial charge in [0, 0.05) is 55.4 Å². The fraction of sp³-hybridized carbons (Fsp3) is 0.375. The molecule has 4 heterocycles. The number of likely N-dealkylation sites (N-methyl/N-ethyl adjacent to an activating group) is 1. The van der Waals surface area contributed by atoms with Gasteiger partial charge in [0.1, 0.15) is 11.3 Å². The molecule has 4 aromatic rings. The molecule has 1 aliphatic rings. The van der Waals surface area contributed by atoms with Crippen LogP contribution in [0.2, 0.25) is 0 Å². The quantitative estimate of drug-likeness (QED) is 0.520. The Bertz CT molecular complexity index is 1190. The zero-order chi connectivity index (χ0) is 21.4. The number of piperazine rings is 1. The highest BCUT2D eigenvalue weighted by Gasteiger charge is 2.16. The number of hydrogen-bond acceptors (Lipinski definition) is 6. The van der Waals surface area contributed by atoms with Crippen molar-refractivity contribution in [1.82, 2.24) is 24.4 Å². The Morgan fingerprint density at radius 2 is 1.74 bits per heavy atom. The molecule has 0 aliphatic carbocycles. The molecular weight excluding hydrogens is 386 g/mol. The predicted octanol–water partition coefficient (Wildman–Crippen LogP) is 4.45. The van der Waals surface area contributed by atoms with Crippen molar-refractivity contribution in [3.05, 3.63) is 48.9 Å². The molecule has 0 saturated carbocycles. The van der Waals surface area contributed by atoms with E-state index in [0.717, 1.165) is 60.6 Å². The van der Waals surface area contributed by atoms with Gasteiger partial charge in [-0.25, -0.2) is 15.0 Å². The fourth-order valence-electron chi connectivity index (χ4n) is 4.31. The van der Waals surface area contributed by atoms with Crippen molar-refractivity contribution >= 4 is 39.3 Å². The van der Waals surface area contributed by atoms with E-state index in [1.165, 1.54) is 5.39 Å². The highest BCUT2D eigenvalue weighted by molar-refractivity contribution is 6.03. The Balaban J connectivity index is 1.39. The van der Waals surface area contributed by atoms with Gasteiger partial charge in [0.25, 0.3) is 0 Å². The molecular formula is C24H29N7. The maximum atomic E-state index is 4.84. The van der Waals surface area contributed by atoms with Gasteiger partial charge in [0.2, 0.25) is 5.95 Å². The van der Waals surface area contributed by atoms with E-state index in [-0.39, 0.29) is 0 Å². The standard InChI is InChI=1S/C24H29N7/c1-4-29-11-13-30(14-12-29)20-7-8-21(25-16-20)27-24-26-15-19-6-5-18-9-10-31(17(2)3)23(18)22(19)28-24/h5-10,15-17H,4,11-14H2,1-3H3,(H,25,26,27,28). The van der Waals surface area contributed by atoms with Crippen LogP contribution in [0.25, 0.3) is 21.8 Å². The molecule has 0 radical (unpaired) electrons. The third kappa shape index (κ3) is 3.81. The lowest BCUT2D eigenvalue weighted by molar-refractivity contribution is 0.271. The van der Waals surface area contributed by atoms with Gasteiger partial charge in [0.05, 0.1) is 17.4 Å². The SMILES string of the molecule is CCN1CCN(c2ccc(Nc3ncc4ccc5ccn(C(C)C)c5c4n3)nc2)CC1. The minimum Gasteiger partial charge on any atom is -0.368 e. The third-order valence-electron chi connectivity index (χ3n) is 6.16. The monoisotopic (exact) mass is 415 g/mol. The number of nitrogens with zero attached hydrogens (tertiary/aromatic N) is 6. The summed E-state index contributed by atoms with van der Waals surface area (Å²) in [4.78, 5) is 18.8. The van der Waals surface area contributed by atoms with Gasteiger partial charge in [-0.15, -0.1) is 0 Å². The summed E-state index contributed by atoms with van der Waals surface area (Å²) in [6, 6.07) is 10.9. The van der Waals surface area contributed by atoms with Crippen LogP contribution >= 0.6 is 0 Å². The van der Waals surface area contributed by atoms with E-state index in [0.29, 0.717) is 12.0 Å².